The first-order chi connectivity index (χ1) is 10.0. The van der Waals surface area contributed by atoms with Crippen LogP contribution in [0.4, 0.5) is 4.39 Å². The lowest BCUT2D eigenvalue weighted by Crippen LogP contribution is -2.23. The highest BCUT2D eigenvalue weighted by Gasteiger charge is 2.16. The zero-order valence-corrected chi connectivity index (χ0v) is 13.5. The number of aryl methyl sites for hydroxylation is 2. The first-order valence-electron chi connectivity index (χ1n) is 7.26. The Bertz CT molecular complexity index is 625. The Morgan fingerprint density at radius 3 is 2.62 bits per heavy atom. The lowest BCUT2D eigenvalue weighted by atomic mass is 9.95. The zero-order valence-electron chi connectivity index (χ0n) is 12.7. The van der Waals surface area contributed by atoms with Gasteiger partial charge in [-0.15, -0.1) is 0 Å². The number of hydrogen-bond acceptors (Lipinski definition) is 1. The lowest BCUT2D eigenvalue weighted by molar-refractivity contribution is 0.545. The number of nitrogens with one attached hydrogen (secondary N) is 1. The fourth-order valence-corrected chi connectivity index (χ4v) is 2.82. The van der Waals surface area contributed by atoms with Gasteiger partial charge in [0.15, 0.2) is 0 Å². The van der Waals surface area contributed by atoms with E-state index < -0.39 is 0 Å². The largest absolute Gasteiger partial charge is 0.310 e. The van der Waals surface area contributed by atoms with E-state index in [0.717, 1.165) is 40.2 Å². The van der Waals surface area contributed by atoms with Gasteiger partial charge in [-0.05, 0) is 61.2 Å². The van der Waals surface area contributed by atoms with Gasteiger partial charge >= 0.3 is 0 Å². The average molecular weight is 306 g/mol. The maximum Gasteiger partial charge on any atom is 0.123 e. The predicted octanol–water partition coefficient (Wildman–Crippen LogP) is 4.99. The maximum atomic E-state index is 13.5. The number of hydrogen-bond donors (Lipinski definition) is 1. The van der Waals surface area contributed by atoms with Crippen molar-refractivity contribution in [2.75, 3.05) is 6.54 Å². The highest BCUT2D eigenvalue weighted by Crippen LogP contribution is 2.29. The molecule has 1 nitrogen and oxygen atoms in total. The van der Waals surface area contributed by atoms with Crippen LogP contribution in [0.2, 0.25) is 5.02 Å². The summed E-state index contributed by atoms with van der Waals surface area (Å²) in [5.74, 6) is -0.193. The van der Waals surface area contributed by atoms with Gasteiger partial charge in [-0.25, -0.2) is 4.39 Å². The molecule has 2 aromatic carbocycles. The highest BCUT2D eigenvalue weighted by molar-refractivity contribution is 6.32. The van der Waals surface area contributed by atoms with Gasteiger partial charge in [-0.1, -0.05) is 42.8 Å². The van der Waals surface area contributed by atoms with Crippen LogP contribution in [0.15, 0.2) is 36.4 Å². The van der Waals surface area contributed by atoms with Crippen LogP contribution in [0.1, 0.15) is 35.2 Å². The molecule has 2 aromatic rings. The second-order valence-electron chi connectivity index (χ2n) is 5.36. The van der Waals surface area contributed by atoms with E-state index >= 15 is 0 Å². The number of rotatable bonds is 5. The number of likely N-dealkylation sites (N-methyl/N-ethyl adjacent to an activating group) is 1. The minimum absolute atomic E-state index is 0.0860. The minimum Gasteiger partial charge on any atom is -0.310 e. The fraction of sp³-hybridized carbons (Fsp3) is 0.333. The molecule has 1 unspecified atom stereocenters. The Balaban J connectivity index is 2.35. The molecule has 112 valence electrons. The van der Waals surface area contributed by atoms with Crippen LogP contribution in [0.3, 0.4) is 0 Å². The van der Waals surface area contributed by atoms with Crippen LogP contribution < -0.4 is 5.32 Å². The molecule has 0 saturated carbocycles. The van der Waals surface area contributed by atoms with Gasteiger partial charge in [-0.2, -0.15) is 0 Å². The Kier molecular flexibility index (Phi) is 5.38. The predicted molar refractivity (Wildman–Crippen MR) is 87.4 cm³/mol. The summed E-state index contributed by atoms with van der Waals surface area (Å²) in [6, 6.07) is 11.1. The second kappa shape index (κ2) is 7.06. The van der Waals surface area contributed by atoms with E-state index in [-0.39, 0.29) is 11.9 Å². The highest BCUT2D eigenvalue weighted by atomic mass is 35.5. The van der Waals surface area contributed by atoms with Crippen LogP contribution in [0, 0.1) is 19.7 Å². The van der Waals surface area contributed by atoms with Crippen molar-refractivity contribution in [1.29, 1.82) is 0 Å². The summed E-state index contributed by atoms with van der Waals surface area (Å²) in [5.41, 5.74) is 4.25. The van der Waals surface area contributed by atoms with Gasteiger partial charge in [0.2, 0.25) is 0 Å². The van der Waals surface area contributed by atoms with E-state index in [1.807, 2.05) is 38.1 Å². The van der Waals surface area contributed by atoms with Gasteiger partial charge < -0.3 is 5.32 Å². The molecule has 0 radical (unpaired) electrons. The first-order valence-corrected chi connectivity index (χ1v) is 7.64. The van der Waals surface area contributed by atoms with Crippen LogP contribution in [0.5, 0.6) is 0 Å². The van der Waals surface area contributed by atoms with E-state index in [1.165, 1.54) is 6.07 Å². The summed E-state index contributed by atoms with van der Waals surface area (Å²) in [7, 11) is 0. The summed E-state index contributed by atoms with van der Waals surface area (Å²) in [6.07, 6.45) is 0.723. The topological polar surface area (TPSA) is 12.0 Å². The second-order valence-corrected chi connectivity index (χ2v) is 5.74. The molecular weight excluding hydrogens is 285 g/mol. The maximum absolute atomic E-state index is 13.5. The molecule has 0 aliphatic heterocycles. The molecule has 0 amide bonds. The van der Waals surface area contributed by atoms with Crippen molar-refractivity contribution in [1.82, 2.24) is 5.32 Å². The molecular formula is C18H21ClFN. The van der Waals surface area contributed by atoms with Crippen molar-refractivity contribution >= 4 is 11.6 Å². The Morgan fingerprint density at radius 1 is 1.14 bits per heavy atom. The van der Waals surface area contributed by atoms with E-state index in [4.69, 9.17) is 11.6 Å². The van der Waals surface area contributed by atoms with Crippen LogP contribution in [-0.4, -0.2) is 6.54 Å². The molecule has 0 aliphatic rings. The monoisotopic (exact) mass is 305 g/mol. The van der Waals surface area contributed by atoms with Crippen molar-refractivity contribution in [3.05, 3.63) is 69.5 Å². The molecule has 0 bridgehead atoms. The molecule has 0 saturated heterocycles. The number of benzene rings is 2. The molecule has 1 N–H and O–H groups in total. The van der Waals surface area contributed by atoms with E-state index in [0.29, 0.717) is 0 Å². The van der Waals surface area contributed by atoms with Gasteiger partial charge in [0, 0.05) is 11.1 Å². The van der Waals surface area contributed by atoms with Crippen molar-refractivity contribution in [3.8, 4) is 0 Å². The summed E-state index contributed by atoms with van der Waals surface area (Å²) in [4.78, 5) is 0. The van der Waals surface area contributed by atoms with Crippen molar-refractivity contribution in [2.24, 2.45) is 0 Å². The summed E-state index contributed by atoms with van der Waals surface area (Å²) >= 11 is 6.45. The Hall–Kier alpha value is -1.38. The van der Waals surface area contributed by atoms with Crippen molar-refractivity contribution < 1.29 is 4.39 Å². The third-order valence-corrected chi connectivity index (χ3v) is 4.30. The van der Waals surface area contributed by atoms with E-state index in [1.54, 1.807) is 6.07 Å². The van der Waals surface area contributed by atoms with Crippen molar-refractivity contribution in [3.63, 3.8) is 0 Å². The summed E-state index contributed by atoms with van der Waals surface area (Å²) < 4.78 is 13.5. The Labute approximate surface area is 131 Å². The SMILES string of the molecule is CCNC(Cc1cc(F)ccc1C)c1cccc(C)c1Cl. The Morgan fingerprint density at radius 2 is 1.90 bits per heavy atom. The standard InChI is InChI=1S/C18H21ClFN/c1-4-21-17(16-7-5-6-13(3)18(16)19)11-14-10-15(20)9-8-12(14)2/h5-10,17,21H,4,11H2,1-3H3. The first kappa shape index (κ1) is 16.0. The normalized spacial score (nSPS) is 12.4. The molecule has 3 heteroatoms. The average Bonchev–Trinajstić information content (AvgIpc) is 2.45. The van der Waals surface area contributed by atoms with Gasteiger partial charge in [0.1, 0.15) is 5.82 Å². The third-order valence-electron chi connectivity index (χ3n) is 3.78. The summed E-state index contributed by atoms with van der Waals surface area (Å²) in [6.45, 7) is 6.91. The van der Waals surface area contributed by atoms with Crippen molar-refractivity contribution in [2.45, 2.75) is 33.2 Å². The zero-order chi connectivity index (χ0) is 15.4. The molecule has 0 fully saturated rings. The molecule has 0 aliphatic carbocycles. The summed E-state index contributed by atoms with van der Waals surface area (Å²) in [5, 5.41) is 4.24. The van der Waals surface area contributed by atoms with Crippen LogP contribution in [-0.2, 0) is 6.42 Å². The molecule has 0 spiro atoms. The van der Waals surface area contributed by atoms with Crippen LogP contribution in [0.25, 0.3) is 0 Å². The lowest BCUT2D eigenvalue weighted by Gasteiger charge is -2.21. The number of halogens is 2. The van der Waals surface area contributed by atoms with Gasteiger partial charge in [0.25, 0.3) is 0 Å². The third kappa shape index (κ3) is 3.84. The molecule has 2 rings (SSSR count). The molecule has 0 heterocycles. The smallest absolute Gasteiger partial charge is 0.123 e. The molecule has 1 atom stereocenters. The molecule has 0 aromatic heterocycles. The van der Waals surface area contributed by atoms with Crippen LogP contribution >= 0.6 is 11.6 Å². The van der Waals surface area contributed by atoms with Gasteiger partial charge in [-0.3, -0.25) is 0 Å². The van der Waals surface area contributed by atoms with Gasteiger partial charge in [0.05, 0.1) is 0 Å². The van der Waals surface area contributed by atoms with E-state index in [2.05, 4.69) is 12.2 Å². The quantitative estimate of drug-likeness (QED) is 0.820. The molecule has 21 heavy (non-hydrogen) atoms. The van der Waals surface area contributed by atoms with E-state index in [9.17, 15) is 4.39 Å². The fourth-order valence-electron chi connectivity index (χ4n) is 2.56. The minimum atomic E-state index is -0.193.